The first-order valence-corrected chi connectivity index (χ1v) is 23.9. The van der Waals surface area contributed by atoms with Gasteiger partial charge in [0.1, 0.15) is 6.10 Å². The van der Waals surface area contributed by atoms with E-state index in [1.54, 1.807) is 0 Å². The Morgan fingerprint density at radius 3 is 1.39 bits per heavy atom. The van der Waals surface area contributed by atoms with Crippen LogP contribution in [0.15, 0.2) is 0 Å². The van der Waals surface area contributed by atoms with Gasteiger partial charge in [0.05, 0.1) is 6.61 Å². The van der Waals surface area contributed by atoms with E-state index in [0.29, 0.717) is 24.6 Å². The minimum absolute atomic E-state index is 0.0208. The first kappa shape index (κ1) is 52.6. The molecule has 0 atom stereocenters. The Labute approximate surface area is 341 Å². The predicted octanol–water partition coefficient (Wildman–Crippen LogP) is 12.9. The molecule has 8 heteroatoms. The second-order valence-electron chi connectivity index (χ2n) is 16.1. The summed E-state index contributed by atoms with van der Waals surface area (Å²) in [4.78, 5) is 27.4. The lowest BCUT2D eigenvalue weighted by molar-refractivity contribution is -0.150. The average Bonchev–Trinajstić information content (AvgIpc) is 3.15. The Kier molecular flexibility index (Phi) is 41.6. The van der Waals surface area contributed by atoms with Crippen molar-refractivity contribution in [3.63, 3.8) is 0 Å². The molecule has 0 aliphatic rings. The lowest BCUT2D eigenvalue weighted by Crippen LogP contribution is -2.33. The molecule has 0 aromatic carbocycles. The van der Waals surface area contributed by atoms with E-state index in [1.807, 2.05) is 0 Å². The maximum absolute atomic E-state index is 12.8. The Bertz CT molecular complexity index is 814. The Hall–Kier alpha value is -1.41. The average molecular weight is 782 g/mol. The molecule has 0 fully saturated rings. The standard InChI is InChI=1S/C46H91N3O4S/c1-4-7-10-13-16-25-32-42-52-44(50)36-28-21-17-23-30-39-49(41-33-38-48-46(47)54)40-31-24-18-22-29-37-45(51)53-43(34-26-19-14-11-8-5-2)35-27-20-15-12-9-6-3/h43H,4-42H2,1-3H3,(H3,47,48,54). The molecule has 0 heterocycles. The Morgan fingerprint density at radius 1 is 0.519 bits per heavy atom. The van der Waals surface area contributed by atoms with E-state index in [2.05, 4.69) is 31.0 Å². The van der Waals surface area contributed by atoms with Gasteiger partial charge in [-0.2, -0.15) is 0 Å². The van der Waals surface area contributed by atoms with Crippen LogP contribution < -0.4 is 11.1 Å². The number of nitrogens with zero attached hydrogens (tertiary/aromatic N) is 1. The van der Waals surface area contributed by atoms with Gasteiger partial charge in [-0.1, -0.05) is 162 Å². The van der Waals surface area contributed by atoms with Crippen LogP contribution in [-0.2, 0) is 19.1 Å². The lowest BCUT2D eigenvalue weighted by Gasteiger charge is -2.22. The van der Waals surface area contributed by atoms with Crippen molar-refractivity contribution in [1.29, 1.82) is 0 Å². The number of carbonyl (C=O) groups excluding carboxylic acids is 2. The van der Waals surface area contributed by atoms with Gasteiger partial charge in [0.2, 0.25) is 0 Å². The number of nitrogens with one attached hydrogen (secondary N) is 1. The number of hydrogen-bond donors (Lipinski definition) is 2. The first-order valence-electron chi connectivity index (χ1n) is 23.5. The summed E-state index contributed by atoms with van der Waals surface area (Å²) in [5.41, 5.74) is 5.63. The second-order valence-corrected chi connectivity index (χ2v) is 16.5. The molecule has 0 saturated carbocycles. The molecular weight excluding hydrogens is 691 g/mol. The smallest absolute Gasteiger partial charge is 0.306 e. The highest BCUT2D eigenvalue weighted by atomic mass is 32.1. The summed E-state index contributed by atoms with van der Waals surface area (Å²) in [5.74, 6) is -0.00338. The van der Waals surface area contributed by atoms with Crippen LogP contribution in [0.25, 0.3) is 0 Å². The molecule has 0 aliphatic heterocycles. The van der Waals surface area contributed by atoms with E-state index in [-0.39, 0.29) is 18.0 Å². The molecule has 0 bridgehead atoms. The molecule has 0 aromatic rings. The van der Waals surface area contributed by atoms with Crippen molar-refractivity contribution in [2.75, 3.05) is 32.8 Å². The highest BCUT2D eigenvalue weighted by Crippen LogP contribution is 2.18. The molecule has 0 rings (SSSR count). The number of thiocarbonyl (C=S) groups is 1. The minimum atomic E-state index is -0.0242. The van der Waals surface area contributed by atoms with Gasteiger partial charge in [-0.05, 0) is 96.1 Å². The second kappa shape index (κ2) is 42.7. The largest absolute Gasteiger partial charge is 0.466 e. The number of nitrogens with two attached hydrogens (primary N) is 1. The lowest BCUT2D eigenvalue weighted by atomic mass is 10.0. The van der Waals surface area contributed by atoms with Crippen LogP contribution >= 0.6 is 12.2 Å². The fraction of sp³-hybridized carbons (Fsp3) is 0.935. The van der Waals surface area contributed by atoms with Crippen molar-refractivity contribution in [3.05, 3.63) is 0 Å². The van der Waals surface area contributed by atoms with E-state index in [9.17, 15) is 9.59 Å². The SMILES string of the molecule is CCCCCCCCCOC(=O)CCCCCCCN(CCCCCCCC(=O)OC(CCCCCCCC)CCCCCCCC)CCCNC(N)=S. The van der Waals surface area contributed by atoms with Gasteiger partial charge in [-0.25, -0.2) is 0 Å². The third kappa shape index (κ3) is 40.3. The molecule has 320 valence electrons. The van der Waals surface area contributed by atoms with Crippen molar-refractivity contribution < 1.29 is 19.1 Å². The highest BCUT2D eigenvalue weighted by Gasteiger charge is 2.14. The quantitative estimate of drug-likeness (QED) is 0.0359. The summed E-state index contributed by atoms with van der Waals surface area (Å²) < 4.78 is 11.5. The Balaban J connectivity index is 4.23. The van der Waals surface area contributed by atoms with Crippen LogP contribution in [-0.4, -0.2) is 60.8 Å². The van der Waals surface area contributed by atoms with Crippen molar-refractivity contribution in [2.45, 2.75) is 245 Å². The van der Waals surface area contributed by atoms with E-state index >= 15 is 0 Å². The topological polar surface area (TPSA) is 93.9 Å². The molecular formula is C46H91N3O4S. The number of rotatable bonds is 43. The summed E-state index contributed by atoms with van der Waals surface area (Å²) in [5, 5.41) is 3.46. The molecule has 3 N–H and O–H groups in total. The van der Waals surface area contributed by atoms with E-state index in [0.717, 1.165) is 77.5 Å². The third-order valence-corrected chi connectivity index (χ3v) is 10.9. The monoisotopic (exact) mass is 782 g/mol. The minimum Gasteiger partial charge on any atom is -0.466 e. The zero-order valence-corrected chi connectivity index (χ0v) is 37.0. The predicted molar refractivity (Wildman–Crippen MR) is 236 cm³/mol. The molecule has 0 spiro atoms. The maximum atomic E-state index is 12.8. The van der Waals surface area contributed by atoms with E-state index in [1.165, 1.54) is 154 Å². The zero-order valence-electron chi connectivity index (χ0n) is 36.2. The molecule has 0 unspecified atom stereocenters. The van der Waals surface area contributed by atoms with Crippen LogP contribution in [0.1, 0.15) is 239 Å². The summed E-state index contributed by atoms with van der Waals surface area (Å²) in [6, 6.07) is 0. The van der Waals surface area contributed by atoms with Crippen LogP contribution in [0.2, 0.25) is 0 Å². The van der Waals surface area contributed by atoms with Gasteiger partial charge in [0.15, 0.2) is 5.11 Å². The maximum Gasteiger partial charge on any atom is 0.306 e. The normalized spacial score (nSPS) is 11.4. The van der Waals surface area contributed by atoms with Crippen molar-refractivity contribution >= 4 is 29.3 Å². The van der Waals surface area contributed by atoms with E-state index in [4.69, 9.17) is 27.4 Å². The van der Waals surface area contributed by atoms with Crippen LogP contribution in [0.4, 0.5) is 0 Å². The fourth-order valence-corrected chi connectivity index (χ4v) is 7.35. The Morgan fingerprint density at radius 2 is 0.907 bits per heavy atom. The molecule has 0 aromatic heterocycles. The van der Waals surface area contributed by atoms with Crippen LogP contribution in [0.5, 0.6) is 0 Å². The molecule has 54 heavy (non-hydrogen) atoms. The number of ether oxygens (including phenoxy) is 2. The summed E-state index contributed by atoms with van der Waals surface area (Å²) in [7, 11) is 0. The highest BCUT2D eigenvalue weighted by molar-refractivity contribution is 7.80. The van der Waals surface area contributed by atoms with Gasteiger partial charge in [0, 0.05) is 19.4 Å². The number of carbonyl (C=O) groups is 2. The van der Waals surface area contributed by atoms with Crippen molar-refractivity contribution in [1.82, 2.24) is 10.2 Å². The van der Waals surface area contributed by atoms with Crippen molar-refractivity contribution in [3.8, 4) is 0 Å². The zero-order chi connectivity index (χ0) is 39.6. The number of unbranched alkanes of at least 4 members (excludes halogenated alkanes) is 24. The molecule has 0 aliphatic carbocycles. The van der Waals surface area contributed by atoms with Gasteiger partial charge < -0.3 is 25.4 Å². The van der Waals surface area contributed by atoms with E-state index < -0.39 is 0 Å². The van der Waals surface area contributed by atoms with Gasteiger partial charge >= 0.3 is 11.9 Å². The van der Waals surface area contributed by atoms with Gasteiger partial charge in [0.25, 0.3) is 0 Å². The van der Waals surface area contributed by atoms with Crippen LogP contribution in [0.3, 0.4) is 0 Å². The van der Waals surface area contributed by atoms with Gasteiger partial charge in [-0.15, -0.1) is 0 Å². The first-order chi connectivity index (χ1) is 26.4. The summed E-state index contributed by atoms with van der Waals surface area (Å²) in [6.45, 7) is 11.4. The molecule has 0 saturated heterocycles. The third-order valence-electron chi connectivity index (χ3n) is 10.7. The molecule has 0 radical (unpaired) electrons. The molecule has 0 amide bonds. The molecule has 7 nitrogen and oxygen atoms in total. The fourth-order valence-electron chi connectivity index (χ4n) is 7.25. The van der Waals surface area contributed by atoms with Crippen LogP contribution in [0, 0.1) is 0 Å². The summed E-state index contributed by atoms with van der Waals surface area (Å²) >= 11 is 4.98. The van der Waals surface area contributed by atoms with Gasteiger partial charge in [-0.3, -0.25) is 9.59 Å². The number of hydrogen-bond acceptors (Lipinski definition) is 6. The van der Waals surface area contributed by atoms with Crippen molar-refractivity contribution in [2.24, 2.45) is 5.73 Å². The summed E-state index contributed by atoms with van der Waals surface area (Å²) in [6.07, 6.45) is 39.6. The number of esters is 2.